The first kappa shape index (κ1) is 14.5. The number of rotatable bonds is 5. The maximum atomic E-state index is 4.23. The summed E-state index contributed by atoms with van der Waals surface area (Å²) >= 11 is 1.44. The van der Waals surface area contributed by atoms with Crippen LogP contribution in [0.5, 0.6) is 0 Å². The number of nitrogens with one attached hydrogen (secondary N) is 1. The SMILES string of the molecule is CNc1snnc1CN1CCC(Cc2ccccc2)CC1. The monoisotopic (exact) mass is 302 g/mol. The van der Waals surface area contributed by atoms with Gasteiger partial charge in [-0.25, -0.2) is 0 Å². The van der Waals surface area contributed by atoms with E-state index in [4.69, 9.17) is 0 Å². The second kappa shape index (κ2) is 7.00. The van der Waals surface area contributed by atoms with Crippen molar-refractivity contribution >= 4 is 16.5 Å². The van der Waals surface area contributed by atoms with Crippen LogP contribution in [0.1, 0.15) is 24.1 Å². The largest absolute Gasteiger partial charge is 0.377 e. The van der Waals surface area contributed by atoms with Crippen molar-refractivity contribution in [2.75, 3.05) is 25.5 Å². The molecule has 0 amide bonds. The Morgan fingerprint density at radius 1 is 1.24 bits per heavy atom. The van der Waals surface area contributed by atoms with E-state index in [0.717, 1.165) is 36.2 Å². The summed E-state index contributed by atoms with van der Waals surface area (Å²) in [4.78, 5) is 2.50. The molecule has 2 aromatic rings. The van der Waals surface area contributed by atoms with Gasteiger partial charge in [0.05, 0.1) is 0 Å². The minimum atomic E-state index is 0.820. The summed E-state index contributed by atoms with van der Waals surface area (Å²) < 4.78 is 4.03. The third-order valence-corrected chi connectivity index (χ3v) is 5.02. The molecular weight excluding hydrogens is 280 g/mol. The summed E-state index contributed by atoms with van der Waals surface area (Å²) in [5.74, 6) is 0.820. The van der Waals surface area contributed by atoms with Crippen molar-refractivity contribution in [3.8, 4) is 0 Å². The minimum absolute atomic E-state index is 0.820. The highest BCUT2D eigenvalue weighted by Gasteiger charge is 2.21. The van der Waals surface area contributed by atoms with Crippen LogP contribution >= 0.6 is 11.5 Å². The van der Waals surface area contributed by atoms with Crippen LogP contribution in [0.4, 0.5) is 5.00 Å². The zero-order valence-corrected chi connectivity index (χ0v) is 13.3. The summed E-state index contributed by atoms with van der Waals surface area (Å²) in [6.45, 7) is 3.25. The maximum absolute atomic E-state index is 4.23. The summed E-state index contributed by atoms with van der Waals surface area (Å²) in [5.41, 5.74) is 2.56. The first-order valence-electron chi connectivity index (χ1n) is 7.60. The van der Waals surface area contributed by atoms with Gasteiger partial charge in [-0.05, 0) is 43.8 Å². The van der Waals surface area contributed by atoms with Crippen molar-refractivity contribution in [3.63, 3.8) is 0 Å². The number of benzene rings is 1. The van der Waals surface area contributed by atoms with Crippen LogP contribution in [0, 0.1) is 5.92 Å². The molecule has 1 aliphatic rings. The Morgan fingerprint density at radius 2 is 2.00 bits per heavy atom. The molecule has 1 aromatic carbocycles. The van der Waals surface area contributed by atoms with Gasteiger partial charge in [-0.3, -0.25) is 4.90 Å². The third kappa shape index (κ3) is 3.80. The number of nitrogens with zero attached hydrogens (tertiary/aromatic N) is 3. The molecule has 0 atom stereocenters. The first-order chi connectivity index (χ1) is 10.3. The van der Waals surface area contributed by atoms with E-state index >= 15 is 0 Å². The minimum Gasteiger partial charge on any atom is -0.377 e. The highest BCUT2D eigenvalue weighted by Crippen LogP contribution is 2.24. The highest BCUT2D eigenvalue weighted by atomic mass is 32.1. The van der Waals surface area contributed by atoms with Gasteiger partial charge >= 0.3 is 0 Å². The van der Waals surface area contributed by atoms with Crippen molar-refractivity contribution in [2.45, 2.75) is 25.8 Å². The molecule has 0 unspecified atom stereocenters. The molecule has 3 rings (SSSR count). The number of hydrogen-bond acceptors (Lipinski definition) is 5. The summed E-state index contributed by atoms with van der Waals surface area (Å²) in [7, 11) is 1.94. The zero-order chi connectivity index (χ0) is 14.5. The molecule has 1 fully saturated rings. The fraction of sp³-hybridized carbons (Fsp3) is 0.500. The molecule has 0 saturated carbocycles. The fourth-order valence-corrected chi connectivity index (χ4v) is 3.53. The first-order valence-corrected chi connectivity index (χ1v) is 8.37. The van der Waals surface area contributed by atoms with E-state index in [1.165, 1.54) is 36.4 Å². The molecule has 1 saturated heterocycles. The second-order valence-electron chi connectivity index (χ2n) is 5.71. The van der Waals surface area contributed by atoms with Gasteiger partial charge in [0.25, 0.3) is 0 Å². The Hall–Kier alpha value is -1.46. The molecule has 0 radical (unpaired) electrons. The summed E-state index contributed by atoms with van der Waals surface area (Å²) in [5, 5.41) is 8.50. The lowest BCUT2D eigenvalue weighted by atomic mass is 9.90. The Kier molecular flexibility index (Phi) is 4.83. The average molecular weight is 302 g/mol. The van der Waals surface area contributed by atoms with Gasteiger partial charge in [0.1, 0.15) is 10.7 Å². The van der Waals surface area contributed by atoms with Crippen LogP contribution in [0.15, 0.2) is 30.3 Å². The van der Waals surface area contributed by atoms with Crippen molar-refractivity contribution in [3.05, 3.63) is 41.6 Å². The smallest absolute Gasteiger partial charge is 0.134 e. The summed E-state index contributed by atoms with van der Waals surface area (Å²) in [6, 6.07) is 10.9. The van der Waals surface area contributed by atoms with Gasteiger partial charge in [0, 0.05) is 25.1 Å². The topological polar surface area (TPSA) is 41.1 Å². The average Bonchev–Trinajstić information content (AvgIpc) is 2.97. The molecule has 1 N–H and O–H groups in total. The lowest BCUT2D eigenvalue weighted by Crippen LogP contribution is -2.34. The van der Waals surface area contributed by atoms with Gasteiger partial charge < -0.3 is 5.32 Å². The predicted molar refractivity (Wildman–Crippen MR) is 87.6 cm³/mol. The van der Waals surface area contributed by atoms with E-state index in [1.54, 1.807) is 0 Å². The van der Waals surface area contributed by atoms with E-state index in [2.05, 4.69) is 50.1 Å². The molecule has 1 aliphatic heterocycles. The Balaban J connectivity index is 1.49. The second-order valence-corrected chi connectivity index (χ2v) is 6.46. The van der Waals surface area contributed by atoms with Gasteiger partial charge in [-0.1, -0.05) is 34.8 Å². The van der Waals surface area contributed by atoms with E-state index < -0.39 is 0 Å². The van der Waals surface area contributed by atoms with Crippen LogP contribution in [0.2, 0.25) is 0 Å². The Labute approximate surface area is 130 Å². The molecule has 0 spiro atoms. The lowest BCUT2D eigenvalue weighted by Gasteiger charge is -2.31. The van der Waals surface area contributed by atoms with Crippen molar-refractivity contribution in [1.82, 2.24) is 14.5 Å². The van der Waals surface area contributed by atoms with E-state index in [0.29, 0.717) is 0 Å². The molecule has 0 aliphatic carbocycles. The summed E-state index contributed by atoms with van der Waals surface area (Å²) in [6.07, 6.45) is 3.78. The standard InChI is InChI=1S/C16H22N4S/c1-17-16-15(18-19-21-16)12-20-9-7-14(8-10-20)11-13-5-3-2-4-6-13/h2-6,14,17H,7-12H2,1H3. The van der Waals surface area contributed by atoms with E-state index in [9.17, 15) is 0 Å². The van der Waals surface area contributed by atoms with Crippen LogP contribution in [0.3, 0.4) is 0 Å². The van der Waals surface area contributed by atoms with Crippen molar-refractivity contribution in [1.29, 1.82) is 0 Å². The number of piperidine rings is 1. The molecule has 5 heteroatoms. The molecule has 112 valence electrons. The fourth-order valence-electron chi connectivity index (χ4n) is 3.01. The number of anilines is 1. The van der Waals surface area contributed by atoms with Crippen molar-refractivity contribution in [2.24, 2.45) is 5.92 Å². The van der Waals surface area contributed by atoms with Gasteiger partial charge in [-0.15, -0.1) is 5.10 Å². The van der Waals surface area contributed by atoms with E-state index in [-0.39, 0.29) is 0 Å². The van der Waals surface area contributed by atoms with Crippen LogP contribution in [-0.2, 0) is 13.0 Å². The lowest BCUT2D eigenvalue weighted by molar-refractivity contribution is 0.175. The van der Waals surface area contributed by atoms with E-state index in [1.807, 2.05) is 7.05 Å². The normalized spacial score (nSPS) is 17.0. The van der Waals surface area contributed by atoms with Crippen molar-refractivity contribution < 1.29 is 0 Å². The molecule has 0 bridgehead atoms. The zero-order valence-electron chi connectivity index (χ0n) is 12.5. The van der Waals surface area contributed by atoms with Gasteiger partial charge in [0.2, 0.25) is 0 Å². The maximum Gasteiger partial charge on any atom is 0.134 e. The highest BCUT2D eigenvalue weighted by molar-refractivity contribution is 7.10. The number of likely N-dealkylation sites (tertiary alicyclic amines) is 1. The molecule has 2 heterocycles. The third-order valence-electron chi connectivity index (χ3n) is 4.23. The van der Waals surface area contributed by atoms with Crippen LogP contribution in [0.25, 0.3) is 0 Å². The Bertz CT molecular complexity index is 546. The van der Waals surface area contributed by atoms with Crippen LogP contribution in [-0.4, -0.2) is 34.6 Å². The molecule has 1 aromatic heterocycles. The quantitative estimate of drug-likeness (QED) is 0.922. The molecular formula is C16H22N4S. The van der Waals surface area contributed by atoms with Crippen LogP contribution < -0.4 is 5.32 Å². The number of aromatic nitrogens is 2. The van der Waals surface area contributed by atoms with Gasteiger partial charge in [0.15, 0.2) is 0 Å². The Morgan fingerprint density at radius 3 is 2.71 bits per heavy atom. The predicted octanol–water partition coefficient (Wildman–Crippen LogP) is 3.03. The van der Waals surface area contributed by atoms with Gasteiger partial charge in [-0.2, -0.15) is 0 Å². The molecule has 4 nitrogen and oxygen atoms in total. The molecule has 21 heavy (non-hydrogen) atoms. The number of hydrogen-bond donors (Lipinski definition) is 1.